The van der Waals surface area contributed by atoms with Crippen molar-refractivity contribution in [2.24, 2.45) is 5.92 Å². The molecule has 0 aliphatic rings. The molecule has 5 heteroatoms. The van der Waals surface area contributed by atoms with Gasteiger partial charge in [0.05, 0.1) is 12.3 Å². The number of hydrogen-bond acceptors (Lipinski definition) is 3. The van der Waals surface area contributed by atoms with Crippen molar-refractivity contribution in [3.8, 4) is 5.75 Å². The predicted octanol–water partition coefficient (Wildman–Crippen LogP) is 2.53. The van der Waals surface area contributed by atoms with Crippen LogP contribution in [-0.2, 0) is 0 Å². The van der Waals surface area contributed by atoms with Crippen molar-refractivity contribution in [1.82, 2.24) is 0 Å². The van der Waals surface area contributed by atoms with E-state index in [1.54, 1.807) is 0 Å². The fraction of sp³-hybridized carbons (Fsp3) is 0.417. The Hall–Kier alpha value is -1.78. The van der Waals surface area contributed by atoms with Crippen LogP contribution in [0.2, 0.25) is 0 Å². The maximum Gasteiger partial charge on any atom is 0.341 e. The monoisotopic (exact) mass is 241 g/mol. The van der Waals surface area contributed by atoms with Gasteiger partial charge in [0.2, 0.25) is 0 Å². The number of carboxylic acid groups (broad SMARTS) is 1. The number of nitrogen functional groups attached to an aromatic ring is 1. The van der Waals surface area contributed by atoms with Crippen molar-refractivity contribution >= 4 is 11.7 Å². The zero-order chi connectivity index (χ0) is 13.0. The van der Waals surface area contributed by atoms with Gasteiger partial charge in [-0.15, -0.1) is 0 Å². The molecule has 1 rings (SSSR count). The fourth-order valence-corrected chi connectivity index (χ4v) is 1.32. The van der Waals surface area contributed by atoms with Gasteiger partial charge in [0, 0.05) is 0 Å². The first-order chi connectivity index (χ1) is 7.93. The highest BCUT2D eigenvalue weighted by atomic mass is 19.1. The Morgan fingerprint density at radius 1 is 1.53 bits per heavy atom. The van der Waals surface area contributed by atoms with Crippen LogP contribution in [0.25, 0.3) is 0 Å². The molecule has 0 fully saturated rings. The molecule has 0 saturated heterocycles. The molecular formula is C12H16FNO3. The lowest BCUT2D eigenvalue weighted by Gasteiger charge is -2.12. The third-order valence-electron chi connectivity index (χ3n) is 2.32. The molecule has 94 valence electrons. The van der Waals surface area contributed by atoms with Crippen LogP contribution in [0.1, 0.15) is 30.6 Å². The van der Waals surface area contributed by atoms with Gasteiger partial charge in [-0.3, -0.25) is 0 Å². The van der Waals surface area contributed by atoms with E-state index in [-0.39, 0.29) is 17.0 Å². The van der Waals surface area contributed by atoms with Crippen LogP contribution in [0.4, 0.5) is 10.1 Å². The van der Waals surface area contributed by atoms with E-state index < -0.39 is 11.8 Å². The Bertz CT molecular complexity index is 418. The summed E-state index contributed by atoms with van der Waals surface area (Å²) >= 11 is 0. The zero-order valence-electron chi connectivity index (χ0n) is 9.87. The number of rotatable bonds is 5. The summed E-state index contributed by atoms with van der Waals surface area (Å²) in [5.74, 6) is -1.49. The second-order valence-corrected chi connectivity index (χ2v) is 4.17. The molecule has 3 N–H and O–H groups in total. The second kappa shape index (κ2) is 5.52. The highest BCUT2D eigenvalue weighted by Crippen LogP contribution is 2.27. The van der Waals surface area contributed by atoms with Gasteiger partial charge in [-0.2, -0.15) is 0 Å². The molecule has 0 aromatic heterocycles. The van der Waals surface area contributed by atoms with E-state index >= 15 is 0 Å². The molecule has 0 radical (unpaired) electrons. The van der Waals surface area contributed by atoms with Crippen LogP contribution in [0, 0.1) is 11.7 Å². The summed E-state index contributed by atoms with van der Waals surface area (Å²) in [7, 11) is 0. The summed E-state index contributed by atoms with van der Waals surface area (Å²) in [6, 6.07) is 2.39. The van der Waals surface area contributed by atoms with Gasteiger partial charge >= 0.3 is 5.97 Å². The Kier molecular flexibility index (Phi) is 4.31. The van der Waals surface area contributed by atoms with E-state index in [1.807, 2.05) is 13.8 Å². The SMILES string of the molecule is CC(C)CCOc1ccc(F)c(N)c1C(=O)O. The van der Waals surface area contributed by atoms with Crippen LogP contribution in [-0.4, -0.2) is 17.7 Å². The van der Waals surface area contributed by atoms with E-state index in [2.05, 4.69) is 0 Å². The highest BCUT2D eigenvalue weighted by Gasteiger charge is 2.18. The molecular weight excluding hydrogens is 225 g/mol. The van der Waals surface area contributed by atoms with Crippen molar-refractivity contribution in [1.29, 1.82) is 0 Å². The number of ether oxygens (including phenoxy) is 1. The van der Waals surface area contributed by atoms with E-state index in [1.165, 1.54) is 6.07 Å². The van der Waals surface area contributed by atoms with E-state index in [0.29, 0.717) is 12.5 Å². The van der Waals surface area contributed by atoms with Gasteiger partial charge in [-0.25, -0.2) is 9.18 Å². The topological polar surface area (TPSA) is 72.5 Å². The molecule has 4 nitrogen and oxygen atoms in total. The maximum absolute atomic E-state index is 13.1. The van der Waals surface area contributed by atoms with Crippen molar-refractivity contribution < 1.29 is 19.0 Å². The standard InChI is InChI=1S/C12H16FNO3/c1-7(2)5-6-17-9-4-3-8(13)11(14)10(9)12(15)16/h3-4,7H,5-6,14H2,1-2H3,(H,15,16). The minimum Gasteiger partial charge on any atom is -0.493 e. The normalized spacial score (nSPS) is 10.6. The summed E-state index contributed by atoms with van der Waals surface area (Å²) in [5, 5.41) is 8.95. The summed E-state index contributed by atoms with van der Waals surface area (Å²) in [5.41, 5.74) is 4.68. The zero-order valence-corrected chi connectivity index (χ0v) is 9.87. The molecule has 1 aromatic carbocycles. The van der Waals surface area contributed by atoms with Gasteiger partial charge in [0.25, 0.3) is 0 Å². The number of anilines is 1. The fourth-order valence-electron chi connectivity index (χ4n) is 1.32. The Balaban J connectivity index is 2.91. The first-order valence-electron chi connectivity index (χ1n) is 5.37. The molecule has 0 atom stereocenters. The molecule has 0 heterocycles. The molecule has 0 saturated carbocycles. The van der Waals surface area contributed by atoms with Gasteiger partial charge in [-0.1, -0.05) is 13.8 Å². The van der Waals surface area contributed by atoms with Gasteiger partial charge in [-0.05, 0) is 24.5 Å². The Morgan fingerprint density at radius 3 is 2.71 bits per heavy atom. The lowest BCUT2D eigenvalue weighted by molar-refractivity contribution is 0.0693. The van der Waals surface area contributed by atoms with Crippen molar-refractivity contribution in [2.45, 2.75) is 20.3 Å². The summed E-state index contributed by atoms with van der Waals surface area (Å²) in [4.78, 5) is 11.0. The van der Waals surface area contributed by atoms with Crippen molar-refractivity contribution in [3.05, 3.63) is 23.5 Å². The number of halogens is 1. The summed E-state index contributed by atoms with van der Waals surface area (Å²) in [6.45, 7) is 4.43. The quantitative estimate of drug-likeness (QED) is 0.777. The molecule has 1 aromatic rings. The van der Waals surface area contributed by atoms with Gasteiger partial charge < -0.3 is 15.6 Å². The van der Waals surface area contributed by atoms with Crippen LogP contribution in [0.5, 0.6) is 5.75 Å². The maximum atomic E-state index is 13.1. The first-order valence-corrected chi connectivity index (χ1v) is 5.37. The minimum atomic E-state index is -1.29. The molecule has 0 spiro atoms. The number of nitrogens with two attached hydrogens (primary N) is 1. The minimum absolute atomic E-state index is 0.108. The van der Waals surface area contributed by atoms with Gasteiger partial charge in [0.1, 0.15) is 17.1 Å². The lowest BCUT2D eigenvalue weighted by Crippen LogP contribution is -2.10. The lowest BCUT2D eigenvalue weighted by atomic mass is 10.1. The molecule has 17 heavy (non-hydrogen) atoms. The molecule has 0 bridgehead atoms. The van der Waals surface area contributed by atoms with E-state index in [4.69, 9.17) is 15.6 Å². The smallest absolute Gasteiger partial charge is 0.341 e. The van der Waals surface area contributed by atoms with E-state index in [9.17, 15) is 9.18 Å². The van der Waals surface area contributed by atoms with Crippen LogP contribution in [0.15, 0.2) is 12.1 Å². The van der Waals surface area contributed by atoms with Crippen molar-refractivity contribution in [2.75, 3.05) is 12.3 Å². The summed E-state index contributed by atoms with van der Waals surface area (Å²) in [6.07, 6.45) is 0.788. The number of aromatic carboxylic acids is 1. The van der Waals surface area contributed by atoms with Crippen LogP contribution in [0.3, 0.4) is 0 Å². The highest BCUT2D eigenvalue weighted by molar-refractivity contribution is 5.96. The predicted molar refractivity (Wildman–Crippen MR) is 62.7 cm³/mol. The third kappa shape index (κ3) is 3.34. The molecule has 0 amide bonds. The number of carboxylic acids is 1. The molecule has 0 aliphatic carbocycles. The van der Waals surface area contributed by atoms with Gasteiger partial charge in [0.15, 0.2) is 0 Å². The number of benzene rings is 1. The van der Waals surface area contributed by atoms with Crippen molar-refractivity contribution in [3.63, 3.8) is 0 Å². The largest absolute Gasteiger partial charge is 0.493 e. The average Bonchev–Trinajstić information content (AvgIpc) is 2.22. The number of carbonyl (C=O) groups is 1. The summed E-state index contributed by atoms with van der Waals surface area (Å²) < 4.78 is 18.4. The van der Waals surface area contributed by atoms with Crippen LogP contribution >= 0.6 is 0 Å². The molecule has 0 aliphatic heterocycles. The number of hydrogen-bond donors (Lipinski definition) is 2. The Labute approximate surface area is 99.2 Å². The first kappa shape index (κ1) is 13.3. The second-order valence-electron chi connectivity index (χ2n) is 4.17. The van der Waals surface area contributed by atoms with E-state index in [0.717, 1.165) is 12.5 Å². The molecule has 0 unspecified atom stereocenters. The van der Waals surface area contributed by atoms with Crippen LogP contribution < -0.4 is 10.5 Å². The average molecular weight is 241 g/mol. The Morgan fingerprint density at radius 2 is 2.18 bits per heavy atom. The third-order valence-corrected chi connectivity index (χ3v) is 2.32.